The third kappa shape index (κ3) is 3.19. The Bertz CT molecular complexity index is 948. The number of ether oxygens (including phenoxy) is 2. The van der Waals surface area contributed by atoms with Gasteiger partial charge in [0.2, 0.25) is 6.79 Å². The predicted octanol–water partition coefficient (Wildman–Crippen LogP) is 4.15. The van der Waals surface area contributed by atoms with Crippen molar-refractivity contribution in [1.82, 2.24) is 14.7 Å². The smallest absolute Gasteiger partial charge is 0.231 e. The second kappa shape index (κ2) is 6.74. The summed E-state index contributed by atoms with van der Waals surface area (Å²) in [5.74, 6) is 1.73. The Kier molecular flexibility index (Phi) is 4.09. The third-order valence-corrected chi connectivity index (χ3v) is 5.52. The summed E-state index contributed by atoms with van der Waals surface area (Å²) in [4.78, 5) is 2.57. The molecule has 0 bridgehead atoms. The Morgan fingerprint density at radius 3 is 2.70 bits per heavy atom. The van der Waals surface area contributed by atoms with E-state index in [-0.39, 0.29) is 0 Å². The van der Waals surface area contributed by atoms with Gasteiger partial charge in [-0.15, -0.1) is 0 Å². The molecule has 0 unspecified atom stereocenters. The van der Waals surface area contributed by atoms with E-state index in [0.717, 1.165) is 30.2 Å². The molecule has 2 aliphatic heterocycles. The van der Waals surface area contributed by atoms with Crippen molar-refractivity contribution in [2.45, 2.75) is 25.4 Å². The third-order valence-electron chi connectivity index (χ3n) is 5.52. The fraction of sp³-hybridized carbons (Fsp3) is 0.318. The number of fused-ring (bicyclic) bond motifs is 1. The molecule has 138 valence electrons. The van der Waals surface area contributed by atoms with Gasteiger partial charge in [0.05, 0.1) is 6.20 Å². The lowest BCUT2D eigenvalue weighted by Gasteiger charge is -2.25. The highest BCUT2D eigenvalue weighted by Gasteiger charge is 2.27. The Morgan fingerprint density at radius 1 is 1.04 bits per heavy atom. The molecule has 0 radical (unpaired) electrons. The van der Waals surface area contributed by atoms with Crippen LogP contribution in [-0.2, 0) is 13.6 Å². The van der Waals surface area contributed by atoms with Crippen LogP contribution in [0.25, 0.3) is 11.1 Å². The van der Waals surface area contributed by atoms with Gasteiger partial charge < -0.3 is 9.47 Å². The second-order valence-corrected chi connectivity index (χ2v) is 7.34. The van der Waals surface area contributed by atoms with E-state index in [4.69, 9.17) is 9.47 Å². The van der Waals surface area contributed by atoms with Crippen molar-refractivity contribution in [3.8, 4) is 22.6 Å². The van der Waals surface area contributed by atoms with Crippen molar-refractivity contribution in [1.29, 1.82) is 0 Å². The highest BCUT2D eigenvalue weighted by molar-refractivity contribution is 5.61. The standard InChI is InChI=1S/C22H23N3O2/c1-24-14-19(12-23-24)17-6-4-16(5-7-17)13-25-10-2-3-20(25)18-8-9-21-22(11-18)27-15-26-21/h4-9,11-12,14,20H,2-3,10,13,15H2,1H3/t20-/m0/s1. The lowest BCUT2D eigenvalue weighted by molar-refractivity contribution is 0.174. The predicted molar refractivity (Wildman–Crippen MR) is 104 cm³/mol. The van der Waals surface area contributed by atoms with Crippen molar-refractivity contribution in [2.24, 2.45) is 7.05 Å². The quantitative estimate of drug-likeness (QED) is 0.700. The number of hydrogen-bond acceptors (Lipinski definition) is 4. The van der Waals surface area contributed by atoms with E-state index in [2.05, 4.69) is 46.4 Å². The zero-order valence-corrected chi connectivity index (χ0v) is 15.5. The lowest BCUT2D eigenvalue weighted by atomic mass is 10.0. The van der Waals surface area contributed by atoms with E-state index in [1.165, 1.54) is 29.5 Å². The molecule has 1 aromatic heterocycles. The van der Waals surface area contributed by atoms with Gasteiger partial charge in [-0.05, 0) is 48.2 Å². The van der Waals surface area contributed by atoms with Gasteiger partial charge in [-0.3, -0.25) is 9.58 Å². The van der Waals surface area contributed by atoms with E-state index >= 15 is 0 Å². The monoisotopic (exact) mass is 361 g/mol. The number of hydrogen-bond donors (Lipinski definition) is 0. The molecule has 27 heavy (non-hydrogen) atoms. The number of benzene rings is 2. The number of aryl methyl sites for hydroxylation is 1. The fourth-order valence-corrected chi connectivity index (χ4v) is 4.12. The van der Waals surface area contributed by atoms with Crippen molar-refractivity contribution in [2.75, 3.05) is 13.3 Å². The Morgan fingerprint density at radius 2 is 1.89 bits per heavy atom. The summed E-state index contributed by atoms with van der Waals surface area (Å²) in [6.45, 7) is 2.42. The molecular weight excluding hydrogens is 338 g/mol. The minimum atomic E-state index is 0.330. The van der Waals surface area contributed by atoms with E-state index in [1.807, 2.05) is 30.2 Å². The van der Waals surface area contributed by atoms with Crippen LogP contribution >= 0.6 is 0 Å². The first-order chi connectivity index (χ1) is 13.3. The summed E-state index contributed by atoms with van der Waals surface area (Å²) in [5.41, 5.74) is 5.03. The number of aromatic nitrogens is 2. The van der Waals surface area contributed by atoms with Crippen LogP contribution < -0.4 is 9.47 Å². The van der Waals surface area contributed by atoms with Crippen LogP contribution in [0.4, 0.5) is 0 Å². The van der Waals surface area contributed by atoms with Crippen molar-refractivity contribution >= 4 is 0 Å². The van der Waals surface area contributed by atoms with Gasteiger partial charge in [-0.25, -0.2) is 0 Å². The summed E-state index contributed by atoms with van der Waals surface area (Å²) in [6.07, 6.45) is 6.37. The average Bonchev–Trinajstić information content (AvgIpc) is 3.42. The summed E-state index contributed by atoms with van der Waals surface area (Å²) < 4.78 is 12.8. The summed E-state index contributed by atoms with van der Waals surface area (Å²) in [5, 5.41) is 4.26. The molecular formula is C22H23N3O2. The lowest BCUT2D eigenvalue weighted by Crippen LogP contribution is -2.22. The minimum absolute atomic E-state index is 0.330. The second-order valence-electron chi connectivity index (χ2n) is 7.34. The van der Waals surface area contributed by atoms with Crippen LogP contribution in [0.1, 0.15) is 30.0 Å². The highest BCUT2D eigenvalue weighted by Crippen LogP contribution is 2.39. The first kappa shape index (κ1) is 16.4. The summed E-state index contributed by atoms with van der Waals surface area (Å²) >= 11 is 0. The van der Waals surface area contributed by atoms with Crippen LogP contribution in [0, 0.1) is 0 Å². The van der Waals surface area contributed by atoms with E-state index in [0.29, 0.717) is 12.8 Å². The topological polar surface area (TPSA) is 39.5 Å². The van der Waals surface area contributed by atoms with Gasteiger partial charge in [0.1, 0.15) is 0 Å². The molecule has 0 N–H and O–H groups in total. The number of nitrogens with zero attached hydrogens (tertiary/aromatic N) is 3. The van der Waals surface area contributed by atoms with Crippen LogP contribution in [0.2, 0.25) is 0 Å². The number of likely N-dealkylation sites (tertiary alicyclic amines) is 1. The van der Waals surface area contributed by atoms with Gasteiger partial charge in [0.15, 0.2) is 11.5 Å². The molecule has 5 nitrogen and oxygen atoms in total. The maximum absolute atomic E-state index is 5.56. The molecule has 0 saturated carbocycles. The van der Waals surface area contributed by atoms with Gasteiger partial charge in [0.25, 0.3) is 0 Å². The van der Waals surface area contributed by atoms with Crippen molar-refractivity contribution in [3.63, 3.8) is 0 Å². The van der Waals surface area contributed by atoms with E-state index in [9.17, 15) is 0 Å². The minimum Gasteiger partial charge on any atom is -0.454 e. The first-order valence-corrected chi connectivity index (χ1v) is 9.48. The van der Waals surface area contributed by atoms with Gasteiger partial charge in [-0.2, -0.15) is 5.10 Å². The zero-order chi connectivity index (χ0) is 18.2. The molecule has 0 aliphatic carbocycles. The summed E-state index contributed by atoms with van der Waals surface area (Å²) in [7, 11) is 1.95. The average molecular weight is 361 g/mol. The van der Waals surface area contributed by atoms with Crippen molar-refractivity contribution < 1.29 is 9.47 Å². The maximum atomic E-state index is 5.56. The van der Waals surface area contributed by atoms with Crippen molar-refractivity contribution in [3.05, 3.63) is 66.0 Å². The molecule has 0 amide bonds. The Labute approximate surface area is 159 Å². The fourth-order valence-electron chi connectivity index (χ4n) is 4.12. The molecule has 5 heteroatoms. The number of rotatable bonds is 4. The van der Waals surface area contributed by atoms with Crippen LogP contribution in [-0.4, -0.2) is 28.0 Å². The molecule has 1 atom stereocenters. The first-order valence-electron chi connectivity index (χ1n) is 9.48. The van der Waals surface area contributed by atoms with Gasteiger partial charge >= 0.3 is 0 Å². The van der Waals surface area contributed by atoms with Gasteiger partial charge in [-0.1, -0.05) is 30.3 Å². The summed E-state index contributed by atoms with van der Waals surface area (Å²) in [6, 6.07) is 15.7. The molecule has 1 saturated heterocycles. The molecule has 1 fully saturated rings. The van der Waals surface area contributed by atoms with Crippen LogP contribution in [0.5, 0.6) is 11.5 Å². The molecule has 5 rings (SSSR count). The normalized spacial score (nSPS) is 18.9. The highest BCUT2D eigenvalue weighted by atomic mass is 16.7. The van der Waals surface area contributed by atoms with Crippen LogP contribution in [0.15, 0.2) is 54.9 Å². The molecule has 3 aromatic rings. The largest absolute Gasteiger partial charge is 0.454 e. The van der Waals surface area contributed by atoms with E-state index in [1.54, 1.807) is 0 Å². The van der Waals surface area contributed by atoms with Gasteiger partial charge in [0, 0.05) is 31.4 Å². The molecule has 2 aliphatic rings. The van der Waals surface area contributed by atoms with E-state index < -0.39 is 0 Å². The molecule has 2 aromatic carbocycles. The molecule has 0 spiro atoms. The SMILES string of the molecule is Cn1cc(-c2ccc(CN3CCC[C@H]3c3ccc4c(c3)OCO4)cc2)cn1. The van der Waals surface area contributed by atoms with Crippen LogP contribution in [0.3, 0.4) is 0 Å². The maximum Gasteiger partial charge on any atom is 0.231 e. The Balaban J connectivity index is 1.32. The molecule has 3 heterocycles. The zero-order valence-electron chi connectivity index (χ0n) is 15.5. The Hall–Kier alpha value is -2.79.